The van der Waals surface area contributed by atoms with E-state index in [1.54, 1.807) is 0 Å². The highest BCUT2D eigenvalue weighted by Crippen LogP contribution is 2.45. The van der Waals surface area contributed by atoms with Crippen molar-refractivity contribution in [1.29, 1.82) is 0 Å². The number of carbonyl (C=O) groups excluding carboxylic acids is 2. The molecule has 2 heterocycles. The Morgan fingerprint density at radius 2 is 1.90 bits per heavy atom. The standard InChI is InChI=1S/C23H40N4O4/c1-25(2)10-4-9-24-22(29)27(15-17-5-6-17)21(28)19-13-18-14-23(30-11-12-31-23)8-7-20(18)26(3)16-19/h17-20H,4-16H2,1-3H3,(H,24,29)/t18-,19-,20-/m1/s1. The number of likely N-dealkylation sites (tertiary alicyclic amines) is 1. The Labute approximate surface area is 186 Å². The van der Waals surface area contributed by atoms with Gasteiger partial charge in [0.25, 0.3) is 0 Å². The van der Waals surface area contributed by atoms with Gasteiger partial charge in [-0.1, -0.05) is 0 Å². The summed E-state index contributed by atoms with van der Waals surface area (Å²) in [6.07, 6.45) is 6.75. The minimum absolute atomic E-state index is 0.00445. The Balaban J connectivity index is 1.38. The largest absolute Gasteiger partial charge is 0.348 e. The molecule has 8 nitrogen and oxygen atoms in total. The highest BCUT2D eigenvalue weighted by molar-refractivity contribution is 5.95. The summed E-state index contributed by atoms with van der Waals surface area (Å²) in [5, 5.41) is 2.98. The number of nitrogens with one attached hydrogen (secondary N) is 1. The topological polar surface area (TPSA) is 74.4 Å². The summed E-state index contributed by atoms with van der Waals surface area (Å²) in [4.78, 5) is 32.4. The third-order valence-corrected chi connectivity index (χ3v) is 7.47. The van der Waals surface area contributed by atoms with Gasteiger partial charge in [-0.3, -0.25) is 9.69 Å². The molecule has 0 radical (unpaired) electrons. The van der Waals surface area contributed by atoms with Gasteiger partial charge >= 0.3 is 6.03 Å². The molecular formula is C23H40N4O4. The van der Waals surface area contributed by atoms with E-state index in [0.717, 1.165) is 58.0 Å². The number of rotatable bonds is 7. The fourth-order valence-electron chi connectivity index (χ4n) is 5.66. The van der Waals surface area contributed by atoms with Crippen LogP contribution >= 0.6 is 0 Å². The van der Waals surface area contributed by atoms with E-state index in [2.05, 4.69) is 22.2 Å². The summed E-state index contributed by atoms with van der Waals surface area (Å²) < 4.78 is 12.0. The Morgan fingerprint density at radius 1 is 1.16 bits per heavy atom. The molecule has 31 heavy (non-hydrogen) atoms. The van der Waals surface area contributed by atoms with Crippen LogP contribution in [0.1, 0.15) is 44.9 Å². The van der Waals surface area contributed by atoms with Crippen molar-refractivity contribution in [3.05, 3.63) is 0 Å². The van der Waals surface area contributed by atoms with E-state index in [0.29, 0.717) is 44.2 Å². The Hall–Kier alpha value is -1.22. The van der Waals surface area contributed by atoms with Crippen molar-refractivity contribution in [1.82, 2.24) is 20.0 Å². The first-order valence-electron chi connectivity index (χ1n) is 12.1. The average molecular weight is 437 g/mol. The first-order valence-corrected chi connectivity index (χ1v) is 12.1. The second-order valence-electron chi connectivity index (χ2n) is 10.3. The number of hydrogen-bond donors (Lipinski definition) is 1. The molecule has 2 aliphatic carbocycles. The van der Waals surface area contributed by atoms with Crippen LogP contribution in [0.4, 0.5) is 4.79 Å². The second kappa shape index (κ2) is 9.73. The van der Waals surface area contributed by atoms with Gasteiger partial charge < -0.3 is 24.6 Å². The molecule has 0 aromatic carbocycles. The zero-order valence-corrected chi connectivity index (χ0v) is 19.5. The summed E-state index contributed by atoms with van der Waals surface area (Å²) in [5.74, 6) is 0.253. The van der Waals surface area contributed by atoms with Gasteiger partial charge in [-0.05, 0) is 71.6 Å². The van der Waals surface area contributed by atoms with Gasteiger partial charge in [0.05, 0.1) is 19.1 Å². The summed E-state index contributed by atoms with van der Waals surface area (Å²) in [6, 6.07) is 0.252. The predicted molar refractivity (Wildman–Crippen MR) is 118 cm³/mol. The number of hydrogen-bond acceptors (Lipinski definition) is 6. The Bertz CT molecular complexity index is 647. The minimum atomic E-state index is -0.440. The van der Waals surface area contributed by atoms with Crippen LogP contribution in [0.15, 0.2) is 0 Å². The molecule has 0 aromatic heterocycles. The molecule has 0 aromatic rings. The van der Waals surface area contributed by atoms with E-state index in [1.165, 1.54) is 4.90 Å². The number of fused-ring (bicyclic) bond motifs is 1. The lowest BCUT2D eigenvalue weighted by atomic mass is 9.72. The molecule has 0 unspecified atom stereocenters. The van der Waals surface area contributed by atoms with Gasteiger partial charge in [0.2, 0.25) is 5.91 Å². The lowest BCUT2D eigenvalue weighted by Crippen LogP contribution is -2.57. The summed E-state index contributed by atoms with van der Waals surface area (Å²) >= 11 is 0. The molecule has 1 N–H and O–H groups in total. The van der Waals surface area contributed by atoms with E-state index < -0.39 is 5.79 Å². The number of carbonyl (C=O) groups is 2. The van der Waals surface area contributed by atoms with Crippen LogP contribution in [0, 0.1) is 17.8 Å². The number of nitrogens with zero attached hydrogens (tertiary/aromatic N) is 3. The number of imide groups is 1. The molecule has 3 amide bonds. The van der Waals surface area contributed by atoms with Gasteiger partial charge in [-0.2, -0.15) is 0 Å². The lowest BCUT2D eigenvalue weighted by molar-refractivity contribution is -0.202. The highest BCUT2D eigenvalue weighted by atomic mass is 16.7. The fraction of sp³-hybridized carbons (Fsp3) is 0.913. The van der Waals surface area contributed by atoms with Crippen molar-refractivity contribution in [2.75, 3.05) is 60.5 Å². The van der Waals surface area contributed by atoms with Crippen LogP contribution in [0.5, 0.6) is 0 Å². The molecule has 2 aliphatic heterocycles. The maximum atomic E-state index is 13.5. The highest BCUT2D eigenvalue weighted by Gasteiger charge is 2.50. The van der Waals surface area contributed by atoms with E-state index in [9.17, 15) is 9.59 Å². The van der Waals surface area contributed by atoms with Crippen molar-refractivity contribution in [2.45, 2.75) is 56.8 Å². The number of amides is 3. The first-order chi connectivity index (χ1) is 14.9. The molecule has 2 saturated heterocycles. The molecule has 0 bridgehead atoms. The monoisotopic (exact) mass is 436 g/mol. The van der Waals surface area contributed by atoms with Crippen LogP contribution in [-0.2, 0) is 14.3 Å². The van der Waals surface area contributed by atoms with Crippen LogP contribution in [0.3, 0.4) is 0 Å². The number of ether oxygens (including phenoxy) is 2. The first kappa shape index (κ1) is 23.0. The Kier molecular flexibility index (Phi) is 7.20. The molecule has 2 saturated carbocycles. The van der Waals surface area contributed by atoms with Crippen LogP contribution in [0.25, 0.3) is 0 Å². The van der Waals surface area contributed by atoms with Gasteiger partial charge in [-0.25, -0.2) is 4.79 Å². The lowest BCUT2D eigenvalue weighted by Gasteiger charge is -2.49. The van der Waals surface area contributed by atoms with E-state index in [-0.39, 0.29) is 17.9 Å². The van der Waals surface area contributed by atoms with Crippen molar-refractivity contribution in [2.24, 2.45) is 17.8 Å². The molecule has 4 rings (SSSR count). The summed E-state index contributed by atoms with van der Waals surface area (Å²) in [6.45, 7) is 4.13. The van der Waals surface area contributed by atoms with Crippen molar-refractivity contribution in [3.8, 4) is 0 Å². The molecule has 176 valence electrons. The SMILES string of the molecule is CN(C)CCCNC(=O)N(CC1CC1)C(=O)[C@@H]1C[C@@H]2CC3(CC[C@H]2N(C)C1)OCCO3. The van der Waals surface area contributed by atoms with Crippen LogP contribution in [-0.4, -0.2) is 99.0 Å². The van der Waals surface area contributed by atoms with Crippen LogP contribution in [0.2, 0.25) is 0 Å². The average Bonchev–Trinajstić information content (AvgIpc) is 3.46. The smallest absolute Gasteiger partial charge is 0.324 e. The summed E-state index contributed by atoms with van der Waals surface area (Å²) in [5.41, 5.74) is 0. The van der Waals surface area contributed by atoms with Crippen LogP contribution < -0.4 is 5.32 Å². The van der Waals surface area contributed by atoms with Gasteiger partial charge in [0.15, 0.2) is 5.79 Å². The maximum Gasteiger partial charge on any atom is 0.324 e. The Morgan fingerprint density at radius 3 is 2.58 bits per heavy atom. The molecule has 4 aliphatic rings. The zero-order chi connectivity index (χ0) is 22.0. The maximum absolute atomic E-state index is 13.5. The summed E-state index contributed by atoms with van der Waals surface area (Å²) in [7, 11) is 6.17. The third-order valence-electron chi connectivity index (χ3n) is 7.47. The van der Waals surface area contributed by atoms with Gasteiger partial charge in [0, 0.05) is 38.5 Å². The van der Waals surface area contributed by atoms with Crippen molar-refractivity contribution < 1.29 is 19.1 Å². The predicted octanol–water partition coefficient (Wildman–Crippen LogP) is 1.75. The fourth-order valence-corrected chi connectivity index (χ4v) is 5.66. The number of piperidine rings is 1. The molecule has 3 atom stereocenters. The molecule has 8 heteroatoms. The van der Waals surface area contributed by atoms with Gasteiger partial charge in [-0.15, -0.1) is 0 Å². The molecule has 4 fully saturated rings. The minimum Gasteiger partial charge on any atom is -0.348 e. The second-order valence-corrected chi connectivity index (χ2v) is 10.3. The molecular weight excluding hydrogens is 396 g/mol. The third kappa shape index (κ3) is 5.59. The van der Waals surface area contributed by atoms with Gasteiger partial charge in [0.1, 0.15) is 0 Å². The van der Waals surface area contributed by atoms with E-state index in [4.69, 9.17) is 9.47 Å². The van der Waals surface area contributed by atoms with Crippen molar-refractivity contribution in [3.63, 3.8) is 0 Å². The van der Waals surface area contributed by atoms with Crippen molar-refractivity contribution >= 4 is 11.9 Å². The molecule has 1 spiro atoms. The quantitative estimate of drug-likeness (QED) is 0.613. The van der Waals surface area contributed by atoms with E-state index >= 15 is 0 Å². The van der Waals surface area contributed by atoms with E-state index in [1.807, 2.05) is 14.1 Å². The number of urea groups is 1. The normalized spacial score (nSPS) is 30.4. The zero-order valence-electron chi connectivity index (χ0n) is 19.5.